The molecule has 0 aliphatic heterocycles. The van der Waals surface area contributed by atoms with Crippen molar-refractivity contribution in [2.45, 2.75) is 38.6 Å². The molecule has 1 amide bonds. The molecule has 1 fully saturated rings. The summed E-state index contributed by atoms with van der Waals surface area (Å²) in [6.07, 6.45) is 4.22. The van der Waals surface area contributed by atoms with Gasteiger partial charge in [0, 0.05) is 11.6 Å². The highest BCUT2D eigenvalue weighted by molar-refractivity contribution is 5.79. The van der Waals surface area contributed by atoms with Crippen LogP contribution in [0.4, 0.5) is 11.6 Å². The van der Waals surface area contributed by atoms with E-state index in [0.29, 0.717) is 11.8 Å². The lowest BCUT2D eigenvalue weighted by molar-refractivity contribution is -0.125. The van der Waals surface area contributed by atoms with E-state index in [1.54, 1.807) is 0 Å². The summed E-state index contributed by atoms with van der Waals surface area (Å²) in [5.41, 5.74) is 0.887. The molecular weight excluding hydrogens is 280 g/mol. The minimum absolute atomic E-state index is 0.0840. The summed E-state index contributed by atoms with van der Waals surface area (Å²) in [6, 6.07) is 9.34. The van der Waals surface area contributed by atoms with Crippen LogP contribution in [0.25, 0.3) is 0 Å². The standard InChI is InChI=1S/C16H20N4O2/c1-11(17-14(21)12-7-5-6-8-12)15-19-16(20-22-15)18-13-9-3-2-4-10-13/h2-4,9-12H,5-8H2,1H3,(H,17,21)(H,18,20). The van der Waals surface area contributed by atoms with Gasteiger partial charge < -0.3 is 15.2 Å². The molecule has 0 saturated heterocycles. The molecule has 1 aliphatic rings. The van der Waals surface area contributed by atoms with Crippen molar-refractivity contribution >= 4 is 17.5 Å². The SMILES string of the molecule is CC(NC(=O)C1CCCC1)c1nc(Nc2ccccc2)no1. The average molecular weight is 300 g/mol. The lowest BCUT2D eigenvalue weighted by Gasteiger charge is -2.13. The molecule has 6 heteroatoms. The van der Waals surface area contributed by atoms with Crippen molar-refractivity contribution in [3.8, 4) is 0 Å². The maximum atomic E-state index is 12.1. The van der Waals surface area contributed by atoms with Crippen LogP contribution in [0.2, 0.25) is 0 Å². The number of anilines is 2. The fraction of sp³-hybridized carbons (Fsp3) is 0.438. The Morgan fingerprint density at radius 3 is 2.73 bits per heavy atom. The lowest BCUT2D eigenvalue weighted by Crippen LogP contribution is -2.31. The quantitative estimate of drug-likeness (QED) is 0.886. The third-order valence-electron chi connectivity index (χ3n) is 3.93. The van der Waals surface area contributed by atoms with E-state index >= 15 is 0 Å². The predicted octanol–water partition coefficient (Wildman–Crippen LogP) is 3.18. The molecule has 0 spiro atoms. The molecule has 2 aromatic rings. The van der Waals surface area contributed by atoms with Crippen molar-refractivity contribution in [3.63, 3.8) is 0 Å². The molecule has 0 radical (unpaired) electrons. The van der Waals surface area contributed by atoms with Crippen LogP contribution in [0.5, 0.6) is 0 Å². The first-order chi connectivity index (χ1) is 10.7. The number of nitrogens with one attached hydrogen (secondary N) is 2. The van der Waals surface area contributed by atoms with E-state index in [9.17, 15) is 4.79 Å². The molecule has 1 unspecified atom stereocenters. The molecule has 3 rings (SSSR count). The van der Waals surface area contributed by atoms with Crippen LogP contribution in [0.3, 0.4) is 0 Å². The van der Waals surface area contributed by atoms with Crippen LogP contribution in [0.1, 0.15) is 44.5 Å². The van der Waals surface area contributed by atoms with Gasteiger partial charge in [0.2, 0.25) is 5.91 Å². The zero-order chi connectivity index (χ0) is 15.4. The molecule has 6 nitrogen and oxygen atoms in total. The number of rotatable bonds is 5. The second-order valence-corrected chi connectivity index (χ2v) is 5.66. The monoisotopic (exact) mass is 300 g/mol. The van der Waals surface area contributed by atoms with Gasteiger partial charge in [-0.3, -0.25) is 4.79 Å². The number of aromatic nitrogens is 2. The Morgan fingerprint density at radius 2 is 2.00 bits per heavy atom. The normalized spacial score (nSPS) is 16.4. The van der Waals surface area contributed by atoms with E-state index in [0.717, 1.165) is 31.4 Å². The van der Waals surface area contributed by atoms with E-state index in [1.165, 1.54) is 0 Å². The summed E-state index contributed by atoms with van der Waals surface area (Å²) in [7, 11) is 0. The van der Waals surface area contributed by atoms with Crippen molar-refractivity contribution < 1.29 is 9.32 Å². The second kappa shape index (κ2) is 6.60. The highest BCUT2D eigenvalue weighted by atomic mass is 16.5. The summed E-state index contributed by atoms with van der Waals surface area (Å²) in [6.45, 7) is 1.85. The van der Waals surface area contributed by atoms with Crippen LogP contribution in [0, 0.1) is 5.92 Å². The molecule has 0 bridgehead atoms. The number of amides is 1. The highest BCUT2D eigenvalue weighted by Crippen LogP contribution is 2.25. The van der Waals surface area contributed by atoms with Gasteiger partial charge in [-0.2, -0.15) is 4.98 Å². The number of hydrogen-bond donors (Lipinski definition) is 2. The number of carbonyl (C=O) groups excluding carboxylic acids is 1. The fourth-order valence-electron chi connectivity index (χ4n) is 2.69. The van der Waals surface area contributed by atoms with E-state index in [1.807, 2.05) is 37.3 Å². The van der Waals surface area contributed by atoms with Crippen molar-refractivity contribution in [2.75, 3.05) is 5.32 Å². The van der Waals surface area contributed by atoms with Gasteiger partial charge in [0.05, 0.1) is 0 Å². The molecule has 1 heterocycles. The number of benzene rings is 1. The van der Waals surface area contributed by atoms with Gasteiger partial charge in [-0.1, -0.05) is 31.0 Å². The highest BCUT2D eigenvalue weighted by Gasteiger charge is 2.25. The second-order valence-electron chi connectivity index (χ2n) is 5.66. The molecule has 116 valence electrons. The first kappa shape index (κ1) is 14.6. The van der Waals surface area contributed by atoms with Gasteiger partial charge in [-0.15, -0.1) is 0 Å². The van der Waals surface area contributed by atoms with Gasteiger partial charge in [-0.05, 0) is 37.1 Å². The fourth-order valence-corrected chi connectivity index (χ4v) is 2.69. The Labute approximate surface area is 129 Å². The molecule has 22 heavy (non-hydrogen) atoms. The van der Waals surface area contributed by atoms with Crippen molar-refractivity contribution in [1.29, 1.82) is 0 Å². The van der Waals surface area contributed by atoms with E-state index < -0.39 is 0 Å². The van der Waals surface area contributed by atoms with Crippen molar-refractivity contribution in [3.05, 3.63) is 36.2 Å². The predicted molar refractivity (Wildman–Crippen MR) is 82.5 cm³/mol. The average Bonchev–Trinajstić information content (AvgIpc) is 3.19. The van der Waals surface area contributed by atoms with Crippen molar-refractivity contribution in [2.24, 2.45) is 5.92 Å². The minimum atomic E-state index is -0.285. The van der Waals surface area contributed by atoms with Crippen LogP contribution < -0.4 is 10.6 Å². The van der Waals surface area contributed by atoms with E-state index in [-0.39, 0.29) is 17.9 Å². The maximum absolute atomic E-state index is 12.1. The van der Waals surface area contributed by atoms with E-state index in [4.69, 9.17) is 4.52 Å². The number of nitrogens with zero attached hydrogens (tertiary/aromatic N) is 2. The molecule has 1 aromatic carbocycles. The van der Waals surface area contributed by atoms with Crippen LogP contribution in [0.15, 0.2) is 34.9 Å². The van der Waals surface area contributed by atoms with Gasteiger partial charge in [0.25, 0.3) is 11.8 Å². The largest absolute Gasteiger partial charge is 0.344 e. The van der Waals surface area contributed by atoms with Crippen LogP contribution >= 0.6 is 0 Å². The van der Waals surface area contributed by atoms with Crippen molar-refractivity contribution in [1.82, 2.24) is 15.5 Å². The molecule has 1 aliphatic carbocycles. The van der Waals surface area contributed by atoms with E-state index in [2.05, 4.69) is 20.8 Å². The van der Waals surface area contributed by atoms with Gasteiger partial charge in [0.15, 0.2) is 0 Å². The summed E-state index contributed by atoms with van der Waals surface area (Å²) < 4.78 is 5.22. The first-order valence-electron chi connectivity index (χ1n) is 7.68. The summed E-state index contributed by atoms with van der Waals surface area (Å²) in [4.78, 5) is 16.4. The Kier molecular flexibility index (Phi) is 4.37. The zero-order valence-corrected chi connectivity index (χ0v) is 12.6. The van der Waals surface area contributed by atoms with Gasteiger partial charge in [0.1, 0.15) is 6.04 Å². The number of carbonyl (C=O) groups is 1. The molecule has 2 N–H and O–H groups in total. The molecular formula is C16H20N4O2. The Bertz CT molecular complexity index is 620. The molecule has 1 saturated carbocycles. The van der Waals surface area contributed by atoms with Crippen LogP contribution in [-0.2, 0) is 4.79 Å². The summed E-state index contributed by atoms with van der Waals surface area (Å²) in [5.74, 6) is 1.01. The minimum Gasteiger partial charge on any atom is -0.344 e. The number of para-hydroxylation sites is 1. The third kappa shape index (κ3) is 3.44. The third-order valence-corrected chi connectivity index (χ3v) is 3.93. The topological polar surface area (TPSA) is 80.0 Å². The summed E-state index contributed by atoms with van der Waals surface area (Å²) in [5, 5.41) is 9.90. The van der Waals surface area contributed by atoms with Gasteiger partial charge in [-0.25, -0.2) is 0 Å². The maximum Gasteiger partial charge on any atom is 0.267 e. The Morgan fingerprint density at radius 1 is 1.27 bits per heavy atom. The Hall–Kier alpha value is -2.37. The number of hydrogen-bond acceptors (Lipinski definition) is 5. The first-order valence-corrected chi connectivity index (χ1v) is 7.68. The zero-order valence-electron chi connectivity index (χ0n) is 12.6. The van der Waals surface area contributed by atoms with Crippen LogP contribution in [-0.4, -0.2) is 16.0 Å². The molecule has 1 atom stereocenters. The molecule has 1 aromatic heterocycles. The summed E-state index contributed by atoms with van der Waals surface area (Å²) >= 11 is 0. The Balaban J connectivity index is 1.59. The smallest absolute Gasteiger partial charge is 0.267 e. The van der Waals surface area contributed by atoms with Gasteiger partial charge >= 0.3 is 0 Å². The lowest BCUT2D eigenvalue weighted by atomic mass is 10.1.